The lowest BCUT2D eigenvalue weighted by Gasteiger charge is -2.23. The molecule has 0 spiro atoms. The lowest BCUT2D eigenvalue weighted by molar-refractivity contribution is -0.118. The van der Waals surface area contributed by atoms with Crippen LogP contribution in [0.1, 0.15) is 45.4 Å². The fraction of sp³-hybridized carbons (Fsp3) is 0.556. The first-order valence-corrected chi connectivity index (χ1v) is 8.57. The van der Waals surface area contributed by atoms with Gasteiger partial charge >= 0.3 is 6.03 Å². The molecule has 0 aromatic heterocycles. The number of anilines is 1. The van der Waals surface area contributed by atoms with E-state index in [2.05, 4.69) is 5.32 Å². The molecule has 2 aliphatic rings. The number of ether oxygens (including phenoxy) is 1. The van der Waals surface area contributed by atoms with Gasteiger partial charge in [0.1, 0.15) is 11.8 Å². The van der Waals surface area contributed by atoms with Gasteiger partial charge in [0.25, 0.3) is 5.91 Å². The Morgan fingerprint density at radius 3 is 2.65 bits per heavy atom. The first-order valence-electron chi connectivity index (χ1n) is 8.57. The number of hydrogen-bond acceptors (Lipinski definition) is 3. The maximum atomic E-state index is 12.7. The van der Waals surface area contributed by atoms with Crippen LogP contribution in [0.4, 0.5) is 10.5 Å². The molecule has 1 aliphatic heterocycles. The van der Waals surface area contributed by atoms with Crippen molar-refractivity contribution in [2.45, 2.75) is 51.5 Å². The van der Waals surface area contributed by atoms with Gasteiger partial charge in [-0.25, -0.2) is 9.69 Å². The molecule has 1 saturated carbocycles. The second-order valence-corrected chi connectivity index (χ2v) is 6.32. The summed E-state index contributed by atoms with van der Waals surface area (Å²) in [7, 11) is 0. The Morgan fingerprint density at radius 2 is 1.91 bits per heavy atom. The molecule has 23 heavy (non-hydrogen) atoms. The normalized spacial score (nSPS) is 22.3. The van der Waals surface area contributed by atoms with E-state index in [1.807, 2.05) is 19.1 Å². The van der Waals surface area contributed by atoms with Gasteiger partial charge in [0.2, 0.25) is 0 Å². The summed E-state index contributed by atoms with van der Waals surface area (Å²) in [6.45, 7) is 2.38. The summed E-state index contributed by atoms with van der Waals surface area (Å²) >= 11 is 0. The predicted molar refractivity (Wildman–Crippen MR) is 88.6 cm³/mol. The number of hydrogen-bond donors (Lipinski definition) is 1. The highest BCUT2D eigenvalue weighted by atomic mass is 16.5. The Hall–Kier alpha value is -2.04. The van der Waals surface area contributed by atoms with Crippen molar-refractivity contribution in [1.82, 2.24) is 5.32 Å². The zero-order valence-corrected chi connectivity index (χ0v) is 13.6. The highest BCUT2D eigenvalue weighted by Gasteiger charge is 2.41. The first-order chi connectivity index (χ1) is 11.2. The predicted octanol–water partition coefficient (Wildman–Crippen LogP) is 3.48. The van der Waals surface area contributed by atoms with Gasteiger partial charge in [-0.2, -0.15) is 0 Å². The van der Waals surface area contributed by atoms with Crippen molar-refractivity contribution in [3.63, 3.8) is 0 Å². The van der Waals surface area contributed by atoms with Gasteiger partial charge in [0.15, 0.2) is 0 Å². The number of carbonyl (C=O) groups is 2. The average molecular weight is 316 g/mol. The van der Waals surface area contributed by atoms with E-state index < -0.39 is 6.04 Å². The van der Waals surface area contributed by atoms with Crippen molar-refractivity contribution >= 4 is 17.6 Å². The molecule has 1 aromatic carbocycles. The summed E-state index contributed by atoms with van der Waals surface area (Å²) in [6.07, 6.45) is 6.82. The van der Waals surface area contributed by atoms with Gasteiger partial charge in [0, 0.05) is 0 Å². The monoisotopic (exact) mass is 316 g/mol. The number of urea groups is 1. The number of imide groups is 1. The molecule has 1 atom stereocenters. The van der Waals surface area contributed by atoms with Crippen molar-refractivity contribution in [2.75, 3.05) is 11.5 Å². The molecule has 1 unspecified atom stereocenters. The number of rotatable bonds is 5. The Morgan fingerprint density at radius 1 is 1.17 bits per heavy atom. The molecule has 1 saturated heterocycles. The van der Waals surface area contributed by atoms with Crippen molar-refractivity contribution in [1.29, 1.82) is 0 Å². The molecule has 0 radical (unpaired) electrons. The first kappa shape index (κ1) is 15.8. The standard InChI is InChI=1S/C18H24N2O3/c1-2-23-16-11-7-6-10-15(16)20-17(21)14(19-18(20)22)12-13-8-4-3-5-9-13/h6-7,10-11,13-14H,2-5,8-9,12H2,1H3,(H,19,22). The molecule has 5 heteroatoms. The number of para-hydroxylation sites is 2. The molecule has 1 aromatic rings. The molecule has 3 amide bonds. The Labute approximate surface area is 137 Å². The number of nitrogens with one attached hydrogen (secondary N) is 1. The van der Waals surface area contributed by atoms with Gasteiger partial charge in [-0.15, -0.1) is 0 Å². The lowest BCUT2D eigenvalue weighted by atomic mass is 9.85. The number of carbonyl (C=O) groups excluding carboxylic acids is 2. The van der Waals surface area contributed by atoms with Crippen molar-refractivity contribution in [3.05, 3.63) is 24.3 Å². The van der Waals surface area contributed by atoms with Crippen LogP contribution in [0.3, 0.4) is 0 Å². The van der Waals surface area contributed by atoms with E-state index in [1.165, 1.54) is 24.2 Å². The van der Waals surface area contributed by atoms with Crippen LogP contribution in [0.15, 0.2) is 24.3 Å². The Bertz CT molecular complexity index is 581. The highest BCUT2D eigenvalue weighted by molar-refractivity contribution is 6.22. The third-order valence-corrected chi connectivity index (χ3v) is 4.72. The van der Waals surface area contributed by atoms with Crippen LogP contribution in [-0.4, -0.2) is 24.6 Å². The second-order valence-electron chi connectivity index (χ2n) is 6.32. The molecular formula is C18H24N2O3. The van der Waals surface area contributed by atoms with E-state index in [0.717, 1.165) is 19.3 Å². The van der Waals surface area contributed by atoms with Gasteiger partial charge in [0.05, 0.1) is 12.3 Å². The van der Waals surface area contributed by atoms with E-state index in [0.29, 0.717) is 24.0 Å². The molecule has 0 bridgehead atoms. The summed E-state index contributed by atoms with van der Waals surface area (Å²) in [5.74, 6) is 0.949. The smallest absolute Gasteiger partial charge is 0.329 e. The van der Waals surface area contributed by atoms with E-state index in [-0.39, 0.29) is 11.9 Å². The van der Waals surface area contributed by atoms with Crippen molar-refractivity contribution < 1.29 is 14.3 Å². The maximum absolute atomic E-state index is 12.7. The van der Waals surface area contributed by atoms with Crippen molar-refractivity contribution in [3.8, 4) is 5.75 Å². The number of nitrogens with zero attached hydrogens (tertiary/aromatic N) is 1. The summed E-state index contributed by atoms with van der Waals surface area (Å²) in [5.41, 5.74) is 0.531. The average Bonchev–Trinajstić information content (AvgIpc) is 2.83. The van der Waals surface area contributed by atoms with Crippen LogP contribution in [0.5, 0.6) is 5.75 Å². The fourth-order valence-corrected chi connectivity index (χ4v) is 3.59. The lowest BCUT2D eigenvalue weighted by Crippen LogP contribution is -2.33. The minimum Gasteiger partial charge on any atom is -0.492 e. The molecule has 3 rings (SSSR count). The van der Waals surface area contributed by atoms with Crippen LogP contribution in [0, 0.1) is 5.92 Å². The summed E-state index contributed by atoms with van der Waals surface area (Å²) < 4.78 is 5.56. The van der Waals surface area contributed by atoms with Gasteiger partial charge < -0.3 is 10.1 Å². The van der Waals surface area contributed by atoms with E-state index in [4.69, 9.17) is 4.74 Å². The molecule has 1 heterocycles. The largest absolute Gasteiger partial charge is 0.492 e. The molecule has 1 N–H and O–H groups in total. The third-order valence-electron chi connectivity index (χ3n) is 4.72. The van der Waals surface area contributed by atoms with Gasteiger partial charge in [-0.3, -0.25) is 4.79 Å². The van der Waals surface area contributed by atoms with Crippen LogP contribution in [0.2, 0.25) is 0 Å². The number of benzene rings is 1. The fourth-order valence-electron chi connectivity index (χ4n) is 3.59. The highest BCUT2D eigenvalue weighted by Crippen LogP contribution is 2.33. The van der Waals surface area contributed by atoms with Crippen molar-refractivity contribution in [2.24, 2.45) is 5.92 Å². The Kier molecular flexibility index (Phi) is 4.84. The minimum absolute atomic E-state index is 0.160. The van der Waals surface area contributed by atoms with Gasteiger partial charge in [-0.05, 0) is 31.4 Å². The maximum Gasteiger partial charge on any atom is 0.329 e. The van der Waals surface area contributed by atoms with E-state index in [9.17, 15) is 9.59 Å². The zero-order valence-electron chi connectivity index (χ0n) is 13.6. The molecule has 2 fully saturated rings. The van der Waals surface area contributed by atoms with E-state index >= 15 is 0 Å². The van der Waals surface area contributed by atoms with Gasteiger partial charge in [-0.1, -0.05) is 44.2 Å². The SMILES string of the molecule is CCOc1ccccc1N1C(=O)NC(CC2CCCCC2)C1=O. The molecule has 5 nitrogen and oxygen atoms in total. The van der Waals surface area contributed by atoms with Crippen LogP contribution in [-0.2, 0) is 4.79 Å². The molecule has 124 valence electrons. The summed E-state index contributed by atoms with van der Waals surface area (Å²) in [6, 6.07) is 6.45. The summed E-state index contributed by atoms with van der Waals surface area (Å²) in [5, 5.41) is 2.85. The summed E-state index contributed by atoms with van der Waals surface area (Å²) in [4.78, 5) is 26.3. The molecule has 1 aliphatic carbocycles. The number of amides is 3. The second kappa shape index (κ2) is 7.02. The van der Waals surface area contributed by atoms with Crippen LogP contribution in [0.25, 0.3) is 0 Å². The minimum atomic E-state index is -0.403. The molecular weight excluding hydrogens is 292 g/mol. The quantitative estimate of drug-likeness (QED) is 0.846. The zero-order chi connectivity index (χ0) is 16.2. The van der Waals surface area contributed by atoms with Crippen LogP contribution >= 0.6 is 0 Å². The van der Waals surface area contributed by atoms with Crippen LogP contribution < -0.4 is 15.0 Å². The van der Waals surface area contributed by atoms with E-state index in [1.54, 1.807) is 12.1 Å². The Balaban J connectivity index is 1.76. The third kappa shape index (κ3) is 3.33. The topological polar surface area (TPSA) is 58.6 Å².